The van der Waals surface area contributed by atoms with Gasteiger partial charge in [-0.05, 0) is 24.5 Å². The Morgan fingerprint density at radius 1 is 1.20 bits per heavy atom. The molecule has 1 heterocycles. The number of rotatable bonds is 9. The van der Waals surface area contributed by atoms with Gasteiger partial charge in [-0.15, -0.1) is 11.8 Å². The fraction of sp³-hybridized carbons (Fsp3) is 0.227. The second-order valence-corrected chi connectivity index (χ2v) is 7.43. The first kappa shape index (κ1) is 21.4. The van der Waals surface area contributed by atoms with Gasteiger partial charge >= 0.3 is 12.0 Å². The summed E-state index contributed by atoms with van der Waals surface area (Å²) in [6, 6.07) is 12.5. The molecule has 156 valence electrons. The third-order valence-electron chi connectivity index (χ3n) is 4.68. The van der Waals surface area contributed by atoms with Crippen LogP contribution in [-0.2, 0) is 16.1 Å². The van der Waals surface area contributed by atoms with Gasteiger partial charge in [0.1, 0.15) is 18.4 Å². The molecule has 0 aromatic heterocycles. The van der Waals surface area contributed by atoms with Crippen LogP contribution in [0, 0.1) is 0 Å². The van der Waals surface area contributed by atoms with Crippen LogP contribution in [0.4, 0.5) is 10.5 Å². The molecule has 1 aliphatic rings. The van der Waals surface area contributed by atoms with Crippen molar-refractivity contribution in [1.29, 1.82) is 0 Å². The summed E-state index contributed by atoms with van der Waals surface area (Å²) >= 11 is 1.41. The number of thioether (sulfide) groups is 1. The van der Waals surface area contributed by atoms with Crippen molar-refractivity contribution >= 4 is 35.4 Å². The Bertz CT molecular complexity index is 978. The van der Waals surface area contributed by atoms with E-state index in [0.717, 1.165) is 9.80 Å². The van der Waals surface area contributed by atoms with E-state index in [0.29, 0.717) is 17.0 Å². The Hall–Kier alpha value is -3.26. The minimum atomic E-state index is -1.15. The number of carboxylic acid groups (broad SMARTS) is 1. The Morgan fingerprint density at radius 2 is 1.90 bits per heavy atom. The van der Waals surface area contributed by atoms with Crippen LogP contribution in [0.15, 0.2) is 66.1 Å². The SMILES string of the molecule is C=CCOc1ccccc1CN1C(=O)N(c2ccccc2SC)C(=O)[C@@H]1CC(=O)O. The third kappa shape index (κ3) is 4.33. The maximum atomic E-state index is 13.3. The van der Waals surface area contributed by atoms with Crippen LogP contribution >= 0.6 is 11.8 Å². The number of imide groups is 1. The second kappa shape index (κ2) is 9.49. The van der Waals surface area contributed by atoms with Gasteiger partial charge in [0, 0.05) is 10.5 Å². The highest BCUT2D eigenvalue weighted by molar-refractivity contribution is 7.98. The van der Waals surface area contributed by atoms with Crippen LogP contribution in [0.3, 0.4) is 0 Å². The molecule has 0 saturated carbocycles. The maximum absolute atomic E-state index is 13.3. The van der Waals surface area contributed by atoms with Gasteiger partial charge in [-0.25, -0.2) is 9.69 Å². The molecule has 3 rings (SSSR count). The third-order valence-corrected chi connectivity index (χ3v) is 5.47. The number of benzene rings is 2. The first-order valence-electron chi connectivity index (χ1n) is 9.29. The number of amides is 3. The summed E-state index contributed by atoms with van der Waals surface area (Å²) < 4.78 is 5.65. The predicted molar refractivity (Wildman–Crippen MR) is 115 cm³/mol. The van der Waals surface area contributed by atoms with Crippen molar-refractivity contribution < 1.29 is 24.2 Å². The highest BCUT2D eigenvalue weighted by Crippen LogP contribution is 2.35. The molecular weight excluding hydrogens is 404 g/mol. The smallest absolute Gasteiger partial charge is 0.332 e. The van der Waals surface area contributed by atoms with Gasteiger partial charge in [-0.3, -0.25) is 9.59 Å². The van der Waals surface area contributed by atoms with Crippen molar-refractivity contribution in [3.63, 3.8) is 0 Å². The average molecular weight is 426 g/mol. The average Bonchev–Trinajstić information content (AvgIpc) is 2.96. The van der Waals surface area contributed by atoms with E-state index in [1.165, 1.54) is 16.7 Å². The number of nitrogens with zero attached hydrogens (tertiary/aromatic N) is 2. The summed E-state index contributed by atoms with van der Waals surface area (Å²) in [5.41, 5.74) is 1.13. The topological polar surface area (TPSA) is 87.2 Å². The predicted octanol–water partition coefficient (Wildman–Crippen LogP) is 3.79. The monoisotopic (exact) mass is 426 g/mol. The van der Waals surface area contributed by atoms with Gasteiger partial charge in [0.15, 0.2) is 0 Å². The zero-order valence-corrected chi connectivity index (χ0v) is 17.3. The maximum Gasteiger partial charge on any atom is 0.332 e. The molecule has 0 radical (unpaired) electrons. The van der Waals surface area contributed by atoms with Crippen LogP contribution in [-0.4, -0.2) is 46.8 Å². The first-order valence-corrected chi connectivity index (χ1v) is 10.5. The number of urea groups is 1. The number of hydrogen-bond acceptors (Lipinski definition) is 5. The molecule has 1 saturated heterocycles. The van der Waals surface area contributed by atoms with Gasteiger partial charge in [0.25, 0.3) is 5.91 Å². The van der Waals surface area contributed by atoms with Crippen LogP contribution < -0.4 is 9.64 Å². The number of ether oxygens (including phenoxy) is 1. The summed E-state index contributed by atoms with van der Waals surface area (Å²) in [6.07, 6.45) is 2.98. The van der Waals surface area contributed by atoms with Crippen molar-refractivity contribution in [3.8, 4) is 5.75 Å². The number of carboxylic acids is 1. The standard InChI is InChI=1S/C22H22N2O5S/c1-3-12-29-18-10-6-4-8-15(18)14-23-17(13-20(25)26)21(27)24(22(23)28)16-9-5-7-11-19(16)30-2/h3-11,17H,1,12-14H2,2H3,(H,25,26)/t17-/m0/s1. The van der Waals surface area contributed by atoms with Crippen LogP contribution in [0.2, 0.25) is 0 Å². The van der Waals surface area contributed by atoms with Crippen LogP contribution in [0.25, 0.3) is 0 Å². The van der Waals surface area contributed by atoms with Gasteiger partial charge in [0.2, 0.25) is 0 Å². The van der Waals surface area contributed by atoms with Gasteiger partial charge in [-0.1, -0.05) is 43.0 Å². The van der Waals surface area contributed by atoms with Crippen molar-refractivity contribution in [3.05, 3.63) is 66.7 Å². The lowest BCUT2D eigenvalue weighted by molar-refractivity contribution is -0.140. The second-order valence-electron chi connectivity index (χ2n) is 6.58. The van der Waals surface area contributed by atoms with Gasteiger partial charge < -0.3 is 14.7 Å². The van der Waals surface area contributed by atoms with Crippen LogP contribution in [0.5, 0.6) is 5.75 Å². The number of carbonyl (C=O) groups is 3. The highest BCUT2D eigenvalue weighted by atomic mass is 32.2. The van der Waals surface area contributed by atoms with Crippen molar-refractivity contribution in [1.82, 2.24) is 4.90 Å². The van der Waals surface area contributed by atoms with Gasteiger partial charge in [0.05, 0.1) is 18.7 Å². The minimum absolute atomic E-state index is 0.0494. The number of carbonyl (C=O) groups excluding carboxylic acids is 2. The zero-order valence-electron chi connectivity index (χ0n) is 16.5. The quantitative estimate of drug-likeness (QED) is 0.373. The van der Waals surface area contributed by atoms with Crippen molar-refractivity contribution in [2.24, 2.45) is 0 Å². The van der Waals surface area contributed by atoms with Gasteiger partial charge in [-0.2, -0.15) is 0 Å². The van der Waals surface area contributed by atoms with E-state index >= 15 is 0 Å². The van der Waals surface area contributed by atoms with E-state index in [1.54, 1.807) is 42.5 Å². The van der Waals surface area contributed by atoms with E-state index in [2.05, 4.69) is 6.58 Å². The Labute approximate surface area is 178 Å². The Kier molecular flexibility index (Phi) is 6.79. The molecule has 2 aromatic carbocycles. The van der Waals surface area contributed by atoms with E-state index in [-0.39, 0.29) is 13.2 Å². The van der Waals surface area contributed by atoms with Crippen molar-refractivity contribution in [2.75, 3.05) is 17.8 Å². The first-order chi connectivity index (χ1) is 14.5. The van der Waals surface area contributed by atoms with Crippen LogP contribution in [0.1, 0.15) is 12.0 Å². The molecule has 7 nitrogen and oxygen atoms in total. The summed E-state index contributed by atoms with van der Waals surface area (Å²) in [5.74, 6) is -1.15. The summed E-state index contributed by atoms with van der Waals surface area (Å²) in [5, 5.41) is 9.34. The fourth-order valence-electron chi connectivity index (χ4n) is 3.32. The minimum Gasteiger partial charge on any atom is -0.489 e. The highest BCUT2D eigenvalue weighted by Gasteiger charge is 2.47. The normalized spacial score (nSPS) is 16.1. The molecule has 0 bridgehead atoms. The summed E-state index contributed by atoms with van der Waals surface area (Å²) in [4.78, 5) is 41.0. The van der Waals surface area contributed by atoms with E-state index in [9.17, 15) is 19.5 Å². The Morgan fingerprint density at radius 3 is 2.60 bits per heavy atom. The lowest BCUT2D eigenvalue weighted by Crippen LogP contribution is -2.36. The lowest BCUT2D eigenvalue weighted by Gasteiger charge is -2.22. The largest absolute Gasteiger partial charge is 0.489 e. The molecular formula is C22H22N2O5S. The Balaban J connectivity index is 1.98. The fourth-order valence-corrected chi connectivity index (χ4v) is 3.91. The molecule has 3 amide bonds. The zero-order chi connectivity index (χ0) is 21.7. The molecule has 8 heteroatoms. The molecule has 0 spiro atoms. The summed E-state index contributed by atoms with van der Waals surface area (Å²) in [6.45, 7) is 3.96. The van der Waals surface area contributed by atoms with Crippen molar-refractivity contribution in [2.45, 2.75) is 23.9 Å². The number of aliphatic carboxylic acids is 1. The lowest BCUT2D eigenvalue weighted by atomic mass is 10.1. The summed E-state index contributed by atoms with van der Waals surface area (Å²) in [7, 11) is 0. The van der Waals surface area contributed by atoms with E-state index in [1.807, 2.05) is 18.4 Å². The molecule has 2 aromatic rings. The molecule has 1 N–H and O–H groups in total. The number of anilines is 1. The molecule has 0 aliphatic carbocycles. The number of para-hydroxylation sites is 2. The molecule has 0 unspecified atom stereocenters. The number of hydrogen-bond donors (Lipinski definition) is 1. The molecule has 1 atom stereocenters. The van der Waals surface area contributed by atoms with E-state index < -0.39 is 30.4 Å². The molecule has 1 fully saturated rings. The van der Waals surface area contributed by atoms with E-state index in [4.69, 9.17) is 4.74 Å². The molecule has 30 heavy (non-hydrogen) atoms. The molecule has 1 aliphatic heterocycles.